The minimum absolute atomic E-state index is 0.00370. The third-order valence-corrected chi connectivity index (χ3v) is 8.19. The van der Waals surface area contributed by atoms with E-state index in [4.69, 9.17) is 18.9 Å². The smallest absolute Gasteiger partial charge is 0.238 e. The average Bonchev–Trinajstić information content (AvgIpc) is 2.85. The van der Waals surface area contributed by atoms with Gasteiger partial charge in [-0.2, -0.15) is 0 Å². The van der Waals surface area contributed by atoms with Crippen LogP contribution in [-0.4, -0.2) is 55.9 Å². The van der Waals surface area contributed by atoms with Crippen LogP contribution in [0.3, 0.4) is 0 Å². The molecule has 0 aliphatic carbocycles. The first-order valence-electron chi connectivity index (χ1n) is 12.7. The van der Waals surface area contributed by atoms with E-state index < -0.39 is 0 Å². The molecule has 1 N–H and O–H groups in total. The fourth-order valence-corrected chi connectivity index (χ4v) is 6.16. The Labute approximate surface area is 206 Å². The maximum absolute atomic E-state index is 12.7. The van der Waals surface area contributed by atoms with Gasteiger partial charge in [0.1, 0.15) is 24.6 Å². The summed E-state index contributed by atoms with van der Waals surface area (Å²) in [6, 6.07) is 13.8. The predicted octanol–water partition coefficient (Wildman–Crippen LogP) is 4.43. The molecule has 0 bridgehead atoms. The molecule has 2 fully saturated rings. The van der Waals surface area contributed by atoms with Crippen molar-refractivity contribution in [2.24, 2.45) is 11.3 Å². The fraction of sp³-hybridized carbons (Fsp3) is 0.536. The number of likely N-dealkylation sites (tertiary alicyclic amines) is 1. The zero-order valence-electron chi connectivity index (χ0n) is 20.5. The van der Waals surface area contributed by atoms with Gasteiger partial charge < -0.3 is 24.3 Å². The molecule has 1 amide bonds. The molecule has 186 valence electrons. The van der Waals surface area contributed by atoms with Crippen LogP contribution in [0, 0.1) is 11.3 Å². The number of carbonyl (C=O) groups excluding carboxylic acids is 1. The Hall–Kier alpha value is -2.77. The number of hydrogen-bond donors (Lipinski definition) is 1. The van der Waals surface area contributed by atoms with Crippen molar-refractivity contribution in [1.29, 1.82) is 0 Å². The first-order chi connectivity index (χ1) is 16.9. The Bertz CT molecular complexity index is 1110. The van der Waals surface area contributed by atoms with Gasteiger partial charge in [0.25, 0.3) is 0 Å². The molecule has 7 heteroatoms. The van der Waals surface area contributed by atoms with Crippen molar-refractivity contribution in [3.63, 3.8) is 0 Å². The molecule has 4 heterocycles. The van der Waals surface area contributed by atoms with Crippen LogP contribution in [0.4, 0.5) is 5.69 Å². The zero-order chi connectivity index (χ0) is 24.0. The lowest BCUT2D eigenvalue weighted by Gasteiger charge is -2.54. The number of carbonyl (C=O) groups is 1. The van der Waals surface area contributed by atoms with E-state index >= 15 is 0 Å². The second kappa shape index (κ2) is 8.71. The van der Waals surface area contributed by atoms with E-state index in [0.717, 1.165) is 56.1 Å². The monoisotopic (exact) mass is 478 g/mol. The van der Waals surface area contributed by atoms with Gasteiger partial charge in [0.15, 0.2) is 11.5 Å². The Morgan fingerprint density at radius 3 is 2.63 bits per heavy atom. The van der Waals surface area contributed by atoms with Crippen LogP contribution in [0.5, 0.6) is 17.2 Å². The van der Waals surface area contributed by atoms with Crippen molar-refractivity contribution >= 4 is 11.6 Å². The van der Waals surface area contributed by atoms with E-state index in [2.05, 4.69) is 42.3 Å². The first-order valence-corrected chi connectivity index (χ1v) is 12.7. The van der Waals surface area contributed by atoms with Crippen LogP contribution in [0.1, 0.15) is 44.8 Å². The number of nitrogens with zero attached hydrogens (tertiary/aromatic N) is 1. The van der Waals surface area contributed by atoms with Crippen LogP contribution in [-0.2, 0) is 9.53 Å². The lowest BCUT2D eigenvalue weighted by Crippen LogP contribution is -2.54. The van der Waals surface area contributed by atoms with E-state index in [1.165, 1.54) is 5.56 Å². The van der Waals surface area contributed by atoms with Crippen LogP contribution >= 0.6 is 0 Å². The molecular weight excluding hydrogens is 444 g/mol. The van der Waals surface area contributed by atoms with Gasteiger partial charge in [-0.15, -0.1) is 0 Å². The van der Waals surface area contributed by atoms with Crippen LogP contribution in [0.2, 0.25) is 0 Å². The standard InChI is InChI=1S/C28H34N2O5/c1-27(2)21-16-28(18-34-26(21)20-5-3-4-6-22(20)35-27)9-11-30(12-10-28)17-25(31)29-19-7-8-23-24(15-19)33-14-13-32-23/h3-8,15,21,26H,9-14,16-18H2,1-2H3,(H,29,31)/t21-,26+/m0/s1. The number of amides is 1. The highest BCUT2D eigenvalue weighted by Crippen LogP contribution is 2.55. The Balaban J connectivity index is 1.06. The summed E-state index contributed by atoms with van der Waals surface area (Å²) in [5.41, 5.74) is 1.79. The van der Waals surface area contributed by atoms with Crippen molar-refractivity contribution in [3.8, 4) is 17.2 Å². The van der Waals surface area contributed by atoms with E-state index in [1.807, 2.05) is 24.3 Å². The van der Waals surface area contributed by atoms with Gasteiger partial charge in [-0.25, -0.2) is 0 Å². The maximum atomic E-state index is 12.7. The van der Waals surface area contributed by atoms with Gasteiger partial charge >= 0.3 is 0 Å². The Kier molecular flexibility index (Phi) is 5.65. The molecule has 2 aromatic rings. The molecule has 0 unspecified atom stereocenters. The highest BCUT2D eigenvalue weighted by Gasteiger charge is 2.52. The molecule has 2 saturated heterocycles. The summed E-state index contributed by atoms with van der Waals surface area (Å²) in [5.74, 6) is 2.67. The van der Waals surface area contributed by atoms with Crippen molar-refractivity contribution in [1.82, 2.24) is 4.90 Å². The molecule has 2 aromatic carbocycles. The lowest BCUT2D eigenvalue weighted by atomic mass is 9.64. The number of anilines is 1. The highest BCUT2D eigenvalue weighted by molar-refractivity contribution is 5.92. The zero-order valence-corrected chi connectivity index (χ0v) is 20.5. The van der Waals surface area contributed by atoms with Gasteiger partial charge in [-0.1, -0.05) is 18.2 Å². The third kappa shape index (κ3) is 4.36. The van der Waals surface area contributed by atoms with Gasteiger partial charge in [0.05, 0.1) is 19.3 Å². The first kappa shape index (κ1) is 22.7. The molecule has 0 radical (unpaired) electrons. The maximum Gasteiger partial charge on any atom is 0.238 e. The lowest BCUT2D eigenvalue weighted by molar-refractivity contribution is -0.174. The largest absolute Gasteiger partial charge is 0.487 e. The fourth-order valence-electron chi connectivity index (χ4n) is 6.16. The van der Waals surface area contributed by atoms with Gasteiger partial charge in [-0.05, 0) is 69.8 Å². The molecule has 7 nitrogen and oxygen atoms in total. The van der Waals surface area contributed by atoms with E-state index in [-0.39, 0.29) is 23.0 Å². The molecule has 6 rings (SSSR count). The minimum atomic E-state index is -0.271. The number of benzene rings is 2. The van der Waals surface area contributed by atoms with E-state index in [1.54, 1.807) is 0 Å². The summed E-state index contributed by atoms with van der Waals surface area (Å²) in [5, 5.41) is 3.01. The number of hydrogen-bond acceptors (Lipinski definition) is 6. The molecule has 2 atom stereocenters. The number of fused-ring (bicyclic) bond motifs is 4. The predicted molar refractivity (Wildman–Crippen MR) is 132 cm³/mol. The number of rotatable bonds is 3. The van der Waals surface area contributed by atoms with Crippen LogP contribution in [0.25, 0.3) is 0 Å². The van der Waals surface area contributed by atoms with Gasteiger partial charge in [-0.3, -0.25) is 9.69 Å². The summed E-state index contributed by atoms with van der Waals surface area (Å²) in [4.78, 5) is 15.0. The summed E-state index contributed by atoms with van der Waals surface area (Å²) >= 11 is 0. The number of para-hydroxylation sites is 1. The third-order valence-electron chi connectivity index (χ3n) is 8.19. The highest BCUT2D eigenvalue weighted by atomic mass is 16.6. The summed E-state index contributed by atoms with van der Waals surface area (Å²) in [7, 11) is 0. The molecular formula is C28H34N2O5. The van der Waals surface area contributed by atoms with Crippen molar-refractivity contribution < 1.29 is 23.7 Å². The van der Waals surface area contributed by atoms with Crippen molar-refractivity contribution in [2.45, 2.75) is 44.8 Å². The van der Waals surface area contributed by atoms with Gasteiger partial charge in [0.2, 0.25) is 5.91 Å². The number of nitrogens with one attached hydrogen (secondary N) is 1. The van der Waals surface area contributed by atoms with Crippen LogP contribution in [0.15, 0.2) is 42.5 Å². The Morgan fingerprint density at radius 2 is 1.80 bits per heavy atom. The number of piperidine rings is 1. The molecule has 0 saturated carbocycles. The quantitative estimate of drug-likeness (QED) is 0.704. The van der Waals surface area contributed by atoms with Gasteiger partial charge in [0, 0.05) is 23.2 Å². The normalized spacial score (nSPS) is 26.2. The van der Waals surface area contributed by atoms with E-state index in [0.29, 0.717) is 31.4 Å². The van der Waals surface area contributed by atoms with Crippen LogP contribution < -0.4 is 19.5 Å². The molecule has 0 aromatic heterocycles. The average molecular weight is 479 g/mol. The molecule has 4 aliphatic heterocycles. The second-order valence-electron chi connectivity index (χ2n) is 11.0. The summed E-state index contributed by atoms with van der Waals surface area (Å²) in [6.07, 6.45) is 3.25. The molecule has 1 spiro atoms. The SMILES string of the molecule is CC1(C)Oc2ccccc2[C@H]2OCC3(CCN(CC(=O)Nc4ccc5c(c4)OCCO5)CC3)C[C@@H]21. The second-order valence-corrected chi connectivity index (χ2v) is 11.0. The molecule has 35 heavy (non-hydrogen) atoms. The van der Waals surface area contributed by atoms with Crippen molar-refractivity contribution in [3.05, 3.63) is 48.0 Å². The summed E-state index contributed by atoms with van der Waals surface area (Å²) in [6.45, 7) is 8.43. The minimum Gasteiger partial charge on any atom is -0.487 e. The topological polar surface area (TPSA) is 69.3 Å². The number of ether oxygens (including phenoxy) is 4. The summed E-state index contributed by atoms with van der Waals surface area (Å²) < 4.78 is 24.2. The Morgan fingerprint density at radius 1 is 1.03 bits per heavy atom. The van der Waals surface area contributed by atoms with Crippen molar-refractivity contribution in [2.75, 3.05) is 44.8 Å². The molecule has 4 aliphatic rings. The van der Waals surface area contributed by atoms with E-state index in [9.17, 15) is 4.79 Å².